The van der Waals surface area contributed by atoms with Crippen LogP contribution < -0.4 is 20.6 Å². The van der Waals surface area contributed by atoms with Gasteiger partial charge < -0.3 is 15.3 Å². The summed E-state index contributed by atoms with van der Waals surface area (Å²) in [5.74, 6) is 0.842. The summed E-state index contributed by atoms with van der Waals surface area (Å²) in [5.41, 5.74) is 13.2. The van der Waals surface area contributed by atoms with Crippen molar-refractivity contribution in [3.63, 3.8) is 0 Å². The van der Waals surface area contributed by atoms with Gasteiger partial charge in [0, 0.05) is 45.6 Å². The van der Waals surface area contributed by atoms with Gasteiger partial charge in [-0.2, -0.15) is 0 Å². The van der Waals surface area contributed by atoms with Crippen molar-refractivity contribution in [1.82, 2.24) is 20.3 Å². The molecule has 4 aromatic rings. The van der Waals surface area contributed by atoms with Gasteiger partial charge in [0.05, 0.1) is 11.0 Å². The van der Waals surface area contributed by atoms with Gasteiger partial charge in [-0.25, -0.2) is 9.55 Å². The number of aromatic amines is 2. The van der Waals surface area contributed by atoms with Crippen molar-refractivity contribution in [2.75, 3.05) is 13.1 Å². The van der Waals surface area contributed by atoms with Crippen LogP contribution in [0.5, 0.6) is 0 Å². The van der Waals surface area contributed by atoms with Gasteiger partial charge >= 0.3 is 0 Å². The van der Waals surface area contributed by atoms with Gasteiger partial charge in [0.25, 0.3) is 0 Å². The Labute approximate surface area is 229 Å². The van der Waals surface area contributed by atoms with Crippen LogP contribution >= 0.6 is 0 Å². The van der Waals surface area contributed by atoms with E-state index in [9.17, 15) is 0 Å². The van der Waals surface area contributed by atoms with Gasteiger partial charge in [0.1, 0.15) is 12.9 Å². The molecule has 0 radical (unpaired) electrons. The number of likely N-dealkylation sites (N-methyl/N-ethyl adjacent to an activating group) is 1. The number of pyridine rings is 1. The van der Waals surface area contributed by atoms with E-state index in [1.54, 1.807) is 0 Å². The lowest BCUT2D eigenvalue weighted by atomic mass is 9.89. The number of rotatable bonds is 6. The third-order valence-corrected chi connectivity index (χ3v) is 7.92. The number of H-pyrrole nitrogens is 2. The van der Waals surface area contributed by atoms with Crippen LogP contribution in [0, 0.1) is 0 Å². The molecule has 0 unspecified atom stereocenters. The van der Waals surface area contributed by atoms with Gasteiger partial charge in [-0.1, -0.05) is 49.9 Å². The van der Waals surface area contributed by atoms with Crippen molar-refractivity contribution < 1.29 is 4.57 Å². The molecule has 6 rings (SSSR count). The van der Waals surface area contributed by atoms with Crippen LogP contribution in [0.15, 0.2) is 83.2 Å². The number of aryl methyl sites for hydroxylation is 1. The zero-order valence-electron chi connectivity index (χ0n) is 23.1. The molecule has 0 fully saturated rings. The Morgan fingerprint density at radius 3 is 2.77 bits per heavy atom. The highest BCUT2D eigenvalue weighted by Crippen LogP contribution is 2.35. The van der Waals surface area contributed by atoms with E-state index >= 15 is 0 Å². The second-order valence-electron chi connectivity index (χ2n) is 10.7. The van der Waals surface area contributed by atoms with Gasteiger partial charge in [-0.3, -0.25) is 0 Å². The molecule has 0 bridgehead atoms. The second-order valence-corrected chi connectivity index (χ2v) is 10.7. The molecule has 0 amide bonds. The van der Waals surface area contributed by atoms with Crippen LogP contribution in [-0.4, -0.2) is 28.0 Å². The molecule has 39 heavy (non-hydrogen) atoms. The number of hydrogen-bond acceptors (Lipinski definition) is 2. The molecular weight excluding hydrogens is 478 g/mol. The van der Waals surface area contributed by atoms with E-state index in [0.717, 1.165) is 82.2 Å². The maximum absolute atomic E-state index is 5.14. The highest BCUT2D eigenvalue weighted by Gasteiger charge is 2.21. The number of imidazole rings is 1. The van der Waals surface area contributed by atoms with Crippen molar-refractivity contribution >= 4 is 29.8 Å². The predicted molar refractivity (Wildman–Crippen MR) is 162 cm³/mol. The third kappa shape index (κ3) is 4.64. The zero-order chi connectivity index (χ0) is 27.1. The lowest BCUT2D eigenvalue weighted by Crippen LogP contribution is -2.26. The number of para-hydroxylation sites is 1. The van der Waals surface area contributed by atoms with Gasteiger partial charge in [-0.05, 0) is 73.2 Å². The fourth-order valence-corrected chi connectivity index (χ4v) is 5.87. The molecule has 2 aliphatic rings. The first-order chi connectivity index (χ1) is 18.9. The average Bonchev–Trinajstić information content (AvgIpc) is 3.46. The summed E-state index contributed by atoms with van der Waals surface area (Å²) in [4.78, 5) is 12.3. The van der Waals surface area contributed by atoms with E-state index in [1.807, 2.05) is 13.2 Å². The maximum atomic E-state index is 5.14. The second kappa shape index (κ2) is 10.2. The number of hydrogen-bond donors (Lipinski definition) is 3. The largest absolute Gasteiger partial charge is 0.355 e. The van der Waals surface area contributed by atoms with Crippen LogP contribution in [-0.2, 0) is 7.05 Å². The molecule has 5 heteroatoms. The van der Waals surface area contributed by atoms with Crippen molar-refractivity contribution in [2.24, 2.45) is 7.05 Å². The summed E-state index contributed by atoms with van der Waals surface area (Å²) >= 11 is 0. The quantitative estimate of drug-likeness (QED) is 0.244. The van der Waals surface area contributed by atoms with Crippen molar-refractivity contribution in [3.8, 4) is 22.5 Å². The average molecular weight is 515 g/mol. The minimum absolute atomic E-state index is 0.842. The smallest absolute Gasteiger partial charge is 0.176 e. The topological polar surface area (TPSA) is 60.4 Å². The van der Waals surface area contributed by atoms with Crippen LogP contribution in [0.3, 0.4) is 0 Å². The summed E-state index contributed by atoms with van der Waals surface area (Å²) in [7, 11) is 2.04. The summed E-state index contributed by atoms with van der Waals surface area (Å²) in [6.45, 7) is 15.0. The van der Waals surface area contributed by atoms with E-state index in [0.29, 0.717) is 0 Å². The molecular formula is C34H36N5+. The van der Waals surface area contributed by atoms with Crippen LogP contribution in [0.1, 0.15) is 38.7 Å². The van der Waals surface area contributed by atoms with Crippen molar-refractivity contribution in [1.29, 1.82) is 0 Å². The molecule has 5 nitrogen and oxygen atoms in total. The fraction of sp³-hybridized carbons (Fsp3) is 0.235. The Morgan fingerprint density at radius 2 is 1.95 bits per heavy atom. The number of nitrogens with zero attached hydrogens (tertiary/aromatic N) is 2. The first-order valence-corrected chi connectivity index (χ1v) is 13.8. The highest BCUT2D eigenvalue weighted by atomic mass is 14.9. The first kappa shape index (κ1) is 25.1. The van der Waals surface area contributed by atoms with Crippen LogP contribution in [0.4, 0.5) is 0 Å². The Bertz CT molecular complexity index is 1820. The Hall–Kier alpha value is -4.22. The lowest BCUT2D eigenvalue weighted by molar-refractivity contribution is -0.671. The van der Waals surface area contributed by atoms with Crippen LogP contribution in [0.25, 0.3) is 52.3 Å². The number of benzene rings is 1. The minimum atomic E-state index is 0.842. The molecule has 0 saturated carbocycles. The monoisotopic (exact) mass is 514 g/mol. The standard InChI is InChI=1S/C34H36N5/c1-6-35-19-26-17-21(2)12-14-27(22(26)3)24-13-15-30-29(18-24)32(23(4)36-30)34-37-31-11-7-10-28(33(31)38-34)25-9-8-16-39(5)20-25/h7-11,14-16,18,20,35-36H,2,4,6,12-13,17,19H2,1,3,5H3,(H,37,38)/q+1. The highest BCUT2D eigenvalue weighted by molar-refractivity contribution is 5.94. The molecule has 196 valence electrons. The normalized spacial score (nSPS) is 15.6. The zero-order valence-corrected chi connectivity index (χ0v) is 23.1. The maximum Gasteiger partial charge on any atom is 0.176 e. The Kier molecular flexibility index (Phi) is 6.53. The molecule has 0 saturated heterocycles. The summed E-state index contributed by atoms with van der Waals surface area (Å²) in [6.07, 6.45) is 13.9. The SMILES string of the molecule is C=C1CC=C(C2=Cc3c(-c4nc5c(-c6ccc[n+](C)c6)cccc5[nH]4)c(=C)[nH]c3=CC2)C(C)=C(CNCC)C1. The number of aromatic nitrogens is 4. The minimum Gasteiger partial charge on any atom is -0.355 e. The van der Waals surface area contributed by atoms with E-state index < -0.39 is 0 Å². The Balaban J connectivity index is 1.46. The van der Waals surface area contributed by atoms with E-state index in [-0.39, 0.29) is 0 Å². The summed E-state index contributed by atoms with van der Waals surface area (Å²) in [6, 6.07) is 10.5. The molecule has 3 heterocycles. The molecule has 3 N–H and O–H groups in total. The summed E-state index contributed by atoms with van der Waals surface area (Å²) in [5, 5.41) is 5.51. The molecule has 3 aromatic heterocycles. The third-order valence-electron chi connectivity index (χ3n) is 7.92. The molecule has 1 aromatic carbocycles. The molecule has 0 atom stereocenters. The lowest BCUT2D eigenvalue weighted by Gasteiger charge is -2.17. The van der Waals surface area contributed by atoms with Crippen molar-refractivity contribution in [3.05, 3.63) is 99.5 Å². The summed E-state index contributed by atoms with van der Waals surface area (Å²) < 4.78 is 2.07. The molecule has 0 spiro atoms. The molecule has 2 aliphatic carbocycles. The van der Waals surface area contributed by atoms with E-state index in [1.165, 1.54) is 27.9 Å². The van der Waals surface area contributed by atoms with Gasteiger partial charge in [0.15, 0.2) is 12.4 Å². The Morgan fingerprint density at radius 1 is 1.08 bits per heavy atom. The number of allylic oxidation sites excluding steroid dienone is 5. The number of fused-ring (bicyclic) bond motifs is 2. The van der Waals surface area contributed by atoms with Gasteiger partial charge in [0.2, 0.25) is 0 Å². The predicted octanol–water partition coefficient (Wildman–Crippen LogP) is 5.23. The van der Waals surface area contributed by atoms with Gasteiger partial charge in [-0.15, -0.1) is 0 Å². The number of nitrogens with one attached hydrogen (secondary N) is 3. The van der Waals surface area contributed by atoms with Crippen LogP contribution in [0.2, 0.25) is 0 Å². The van der Waals surface area contributed by atoms with E-state index in [2.05, 4.69) is 102 Å². The van der Waals surface area contributed by atoms with E-state index in [4.69, 9.17) is 4.98 Å². The fourth-order valence-electron chi connectivity index (χ4n) is 5.87. The first-order valence-electron chi connectivity index (χ1n) is 13.8. The molecule has 0 aliphatic heterocycles. The van der Waals surface area contributed by atoms with Crippen molar-refractivity contribution in [2.45, 2.75) is 33.1 Å².